The van der Waals surface area contributed by atoms with Crippen LogP contribution < -0.4 is 22.2 Å². The molecule has 0 radical (unpaired) electrons. The first-order valence-electron chi connectivity index (χ1n) is 6.28. The van der Waals surface area contributed by atoms with E-state index in [1.807, 2.05) is 0 Å². The van der Waals surface area contributed by atoms with Crippen molar-refractivity contribution in [2.45, 2.75) is 6.42 Å². The summed E-state index contributed by atoms with van der Waals surface area (Å²) in [7, 11) is -3.35. The van der Waals surface area contributed by atoms with Gasteiger partial charge >= 0.3 is 0 Å². The predicted molar refractivity (Wildman–Crippen MR) is 81.0 cm³/mol. The van der Waals surface area contributed by atoms with Crippen LogP contribution in [0.1, 0.15) is 5.56 Å². The minimum absolute atomic E-state index is 0.0166. The van der Waals surface area contributed by atoms with Crippen LogP contribution in [-0.4, -0.2) is 30.4 Å². The zero-order valence-corrected chi connectivity index (χ0v) is 12.2. The van der Waals surface area contributed by atoms with E-state index >= 15 is 0 Å². The van der Waals surface area contributed by atoms with E-state index in [4.69, 9.17) is 0 Å². The minimum atomic E-state index is -3.35. The van der Waals surface area contributed by atoms with Crippen LogP contribution in [0.2, 0.25) is 0 Å². The molecule has 3 aromatic rings. The highest BCUT2D eigenvalue weighted by Crippen LogP contribution is 2.21. The number of aryl methyl sites for hydroxylation is 1. The van der Waals surface area contributed by atoms with Crippen molar-refractivity contribution >= 4 is 31.4 Å². The van der Waals surface area contributed by atoms with E-state index in [1.165, 1.54) is 6.07 Å². The van der Waals surface area contributed by atoms with E-state index in [-0.39, 0.29) is 39.3 Å². The Morgan fingerprint density at radius 3 is 1.73 bits per heavy atom. The molecule has 114 valence electrons. The highest BCUT2D eigenvalue weighted by atomic mass is 32.2. The molecule has 0 saturated carbocycles. The first kappa shape index (κ1) is 14.4. The number of nitrogens with one attached hydrogen (secondary N) is 2. The Hall–Kier alpha value is -2.55. The van der Waals surface area contributed by atoms with Gasteiger partial charge < -0.3 is 0 Å². The topological polar surface area (TPSA) is 134 Å². The van der Waals surface area contributed by atoms with Crippen molar-refractivity contribution in [3.8, 4) is 0 Å². The molecule has 3 rings (SSSR count). The van der Waals surface area contributed by atoms with Crippen molar-refractivity contribution in [2.75, 3.05) is 12.0 Å². The first-order chi connectivity index (χ1) is 10.2. The summed E-state index contributed by atoms with van der Waals surface area (Å²) in [5.74, 6) is -0.307. The van der Waals surface area contributed by atoms with Gasteiger partial charge in [0.15, 0.2) is 0 Å². The molecule has 2 aromatic heterocycles. The molecule has 22 heavy (non-hydrogen) atoms. The van der Waals surface area contributed by atoms with Crippen LogP contribution in [0.25, 0.3) is 21.5 Å². The van der Waals surface area contributed by atoms with Crippen LogP contribution in [0, 0.1) is 0 Å². The molecule has 0 aliphatic rings. The number of H-pyrrole nitrogens is 2. The van der Waals surface area contributed by atoms with Crippen molar-refractivity contribution in [1.29, 1.82) is 0 Å². The quantitative estimate of drug-likeness (QED) is 0.606. The lowest BCUT2D eigenvalue weighted by Gasteiger charge is -2.03. The summed E-state index contributed by atoms with van der Waals surface area (Å²) in [4.78, 5) is 51.5. The molecule has 0 saturated heterocycles. The SMILES string of the molecule is CS(=O)(=O)CCc1c2c(=O)[nH]c(=O)c2cc2c(=O)[nH]c(=O)c12. The Bertz CT molecular complexity index is 1150. The van der Waals surface area contributed by atoms with Gasteiger partial charge in [-0.3, -0.25) is 29.1 Å². The van der Waals surface area contributed by atoms with Crippen molar-refractivity contribution in [3.63, 3.8) is 0 Å². The fraction of sp³-hybridized carbons (Fsp3) is 0.231. The molecular formula is C13H10N2O6S. The molecule has 1 aromatic carbocycles. The summed E-state index contributed by atoms with van der Waals surface area (Å²) < 4.78 is 22.7. The lowest BCUT2D eigenvalue weighted by Crippen LogP contribution is -2.11. The van der Waals surface area contributed by atoms with Crippen LogP contribution in [-0.2, 0) is 16.3 Å². The zero-order valence-electron chi connectivity index (χ0n) is 11.3. The van der Waals surface area contributed by atoms with Gasteiger partial charge in [-0.15, -0.1) is 0 Å². The van der Waals surface area contributed by atoms with Gasteiger partial charge in [-0.05, 0) is 18.1 Å². The summed E-state index contributed by atoms with van der Waals surface area (Å²) in [6.45, 7) is 0. The molecule has 0 aliphatic heterocycles. The van der Waals surface area contributed by atoms with Crippen molar-refractivity contribution < 1.29 is 8.42 Å². The fourth-order valence-electron chi connectivity index (χ4n) is 2.62. The van der Waals surface area contributed by atoms with Gasteiger partial charge in [0, 0.05) is 6.26 Å². The third-order valence-electron chi connectivity index (χ3n) is 3.55. The fourth-order valence-corrected chi connectivity index (χ4v) is 3.19. The van der Waals surface area contributed by atoms with Gasteiger partial charge in [0.25, 0.3) is 22.2 Å². The first-order valence-corrected chi connectivity index (χ1v) is 8.34. The molecule has 2 N–H and O–H groups in total. The van der Waals surface area contributed by atoms with Crippen LogP contribution in [0.15, 0.2) is 25.2 Å². The van der Waals surface area contributed by atoms with Gasteiger partial charge in [0.2, 0.25) is 0 Å². The molecule has 2 heterocycles. The standard InChI is InChI=1S/C13H10N2O6S/c1-22(20,21)3-2-5-8-6(10(16)14-12(8)18)4-7-9(5)13(19)15-11(7)17/h4H,2-3H2,1H3,(H,14,16,18)(H,15,17,19). The molecule has 8 nitrogen and oxygen atoms in total. The molecule has 0 unspecified atom stereocenters. The Balaban J connectivity index is 2.52. The summed E-state index contributed by atoms with van der Waals surface area (Å²) in [5, 5.41) is -0.0938. The lowest BCUT2D eigenvalue weighted by atomic mass is 10.0. The summed E-state index contributed by atoms with van der Waals surface area (Å²) in [5.41, 5.74) is -2.62. The number of aromatic nitrogens is 2. The van der Waals surface area contributed by atoms with Crippen LogP contribution >= 0.6 is 0 Å². The third-order valence-corrected chi connectivity index (χ3v) is 4.50. The highest BCUT2D eigenvalue weighted by molar-refractivity contribution is 7.90. The van der Waals surface area contributed by atoms with E-state index < -0.39 is 32.1 Å². The Kier molecular flexibility index (Phi) is 2.92. The van der Waals surface area contributed by atoms with E-state index in [0.29, 0.717) is 0 Å². The smallest absolute Gasteiger partial charge is 0.259 e. The lowest BCUT2D eigenvalue weighted by molar-refractivity contribution is 0.601. The van der Waals surface area contributed by atoms with Gasteiger partial charge in [0.05, 0.1) is 27.3 Å². The van der Waals surface area contributed by atoms with Gasteiger partial charge in [-0.2, -0.15) is 0 Å². The number of hydrogen-bond acceptors (Lipinski definition) is 6. The molecule has 0 amide bonds. The Labute approximate surface area is 122 Å². The number of hydrogen-bond donors (Lipinski definition) is 2. The number of rotatable bonds is 3. The molecule has 0 bridgehead atoms. The maximum absolute atomic E-state index is 11.9. The number of fused-ring (bicyclic) bond motifs is 2. The van der Waals surface area contributed by atoms with Gasteiger partial charge in [-0.1, -0.05) is 0 Å². The molecule has 0 aliphatic carbocycles. The second kappa shape index (κ2) is 4.47. The maximum atomic E-state index is 11.9. The van der Waals surface area contributed by atoms with Gasteiger partial charge in [0.1, 0.15) is 9.84 Å². The average molecular weight is 322 g/mol. The average Bonchev–Trinajstić information content (AvgIpc) is 2.84. The minimum Gasteiger partial charge on any atom is -0.288 e. The van der Waals surface area contributed by atoms with Crippen LogP contribution in [0.3, 0.4) is 0 Å². The van der Waals surface area contributed by atoms with Crippen molar-refractivity contribution in [2.24, 2.45) is 0 Å². The normalized spacial score (nSPS) is 12.4. The maximum Gasteiger partial charge on any atom is 0.259 e. The number of sulfone groups is 1. The third kappa shape index (κ3) is 2.10. The summed E-state index contributed by atoms with van der Waals surface area (Å²) in [6.07, 6.45) is 0.887. The van der Waals surface area contributed by atoms with E-state index in [2.05, 4.69) is 9.97 Å². The van der Waals surface area contributed by atoms with Crippen molar-refractivity contribution in [1.82, 2.24) is 9.97 Å². The van der Waals surface area contributed by atoms with E-state index in [9.17, 15) is 27.6 Å². The van der Waals surface area contributed by atoms with Gasteiger partial charge in [-0.25, -0.2) is 8.42 Å². The molecular weight excluding hydrogens is 312 g/mol. The second-order valence-electron chi connectivity index (χ2n) is 5.15. The van der Waals surface area contributed by atoms with Crippen molar-refractivity contribution in [3.05, 3.63) is 53.0 Å². The molecule has 9 heteroatoms. The van der Waals surface area contributed by atoms with E-state index in [1.54, 1.807) is 0 Å². The summed E-state index contributed by atoms with van der Waals surface area (Å²) >= 11 is 0. The monoisotopic (exact) mass is 322 g/mol. The largest absolute Gasteiger partial charge is 0.288 e. The highest BCUT2D eigenvalue weighted by Gasteiger charge is 2.20. The Morgan fingerprint density at radius 2 is 1.32 bits per heavy atom. The van der Waals surface area contributed by atoms with E-state index in [0.717, 1.165) is 6.26 Å². The summed E-state index contributed by atoms with van der Waals surface area (Å²) in [6, 6.07) is 1.19. The molecule has 0 atom stereocenters. The molecule has 0 spiro atoms. The zero-order chi connectivity index (χ0) is 16.2. The Morgan fingerprint density at radius 1 is 0.864 bits per heavy atom. The molecule has 0 fully saturated rings. The predicted octanol–water partition coefficient (Wildman–Crippen LogP) is -1.45. The van der Waals surface area contributed by atoms with Crippen LogP contribution in [0.5, 0.6) is 0 Å². The second-order valence-corrected chi connectivity index (χ2v) is 7.41. The number of aromatic amines is 2. The van der Waals surface area contributed by atoms with Crippen LogP contribution in [0.4, 0.5) is 0 Å². The number of benzene rings is 1.